The first-order chi connectivity index (χ1) is 12.0. The summed E-state index contributed by atoms with van der Waals surface area (Å²) in [7, 11) is 0. The predicted molar refractivity (Wildman–Crippen MR) is 89.1 cm³/mol. The Morgan fingerprint density at radius 2 is 1.84 bits per heavy atom. The van der Waals surface area contributed by atoms with E-state index < -0.39 is 10.7 Å². The minimum Gasteiger partial charge on any atom is -0.379 e. The van der Waals surface area contributed by atoms with Gasteiger partial charge in [0, 0.05) is 39.3 Å². The highest BCUT2D eigenvalue weighted by Gasteiger charge is 2.27. The van der Waals surface area contributed by atoms with Crippen molar-refractivity contribution in [2.24, 2.45) is 0 Å². The van der Waals surface area contributed by atoms with Gasteiger partial charge in [0.1, 0.15) is 11.5 Å². The number of nitro groups is 1. The van der Waals surface area contributed by atoms with Crippen LogP contribution in [0.5, 0.6) is 0 Å². The molecule has 25 heavy (non-hydrogen) atoms. The zero-order valence-corrected chi connectivity index (χ0v) is 13.9. The number of hydrogen-bond donors (Lipinski definition) is 0. The van der Waals surface area contributed by atoms with E-state index in [2.05, 4.69) is 4.90 Å². The first-order valence-electron chi connectivity index (χ1n) is 8.31. The molecule has 1 amide bonds. The molecule has 0 radical (unpaired) electrons. The van der Waals surface area contributed by atoms with Crippen LogP contribution in [0.25, 0.3) is 0 Å². The smallest absolute Gasteiger partial charge is 0.295 e. The van der Waals surface area contributed by atoms with Gasteiger partial charge in [0.25, 0.3) is 5.69 Å². The van der Waals surface area contributed by atoms with Crippen molar-refractivity contribution in [3.63, 3.8) is 0 Å². The Morgan fingerprint density at radius 1 is 1.16 bits per heavy atom. The van der Waals surface area contributed by atoms with Gasteiger partial charge in [-0.2, -0.15) is 0 Å². The van der Waals surface area contributed by atoms with E-state index in [1.807, 2.05) is 4.90 Å². The second-order valence-corrected chi connectivity index (χ2v) is 6.15. The second-order valence-electron chi connectivity index (χ2n) is 6.15. The lowest BCUT2D eigenvalue weighted by Gasteiger charge is -2.37. The molecule has 0 unspecified atom stereocenters. The van der Waals surface area contributed by atoms with Crippen LogP contribution in [-0.2, 0) is 9.53 Å². The van der Waals surface area contributed by atoms with E-state index in [0.717, 1.165) is 19.2 Å². The molecule has 1 aromatic carbocycles. The molecule has 2 fully saturated rings. The lowest BCUT2D eigenvalue weighted by molar-refractivity contribution is -0.384. The van der Waals surface area contributed by atoms with E-state index in [1.165, 1.54) is 12.1 Å². The molecule has 0 N–H and O–H groups in total. The molecule has 8 nitrogen and oxygen atoms in total. The summed E-state index contributed by atoms with van der Waals surface area (Å²) in [6.45, 7) is 5.16. The molecule has 2 saturated heterocycles. The summed E-state index contributed by atoms with van der Waals surface area (Å²) in [6, 6.07) is 3.59. The van der Waals surface area contributed by atoms with Crippen molar-refractivity contribution >= 4 is 17.3 Å². The number of halogens is 1. The normalized spacial score (nSPS) is 19.1. The number of benzene rings is 1. The topological polar surface area (TPSA) is 79.2 Å². The summed E-state index contributed by atoms with van der Waals surface area (Å²) in [5.41, 5.74) is 0.153. The average molecular weight is 352 g/mol. The largest absolute Gasteiger partial charge is 0.379 e. The molecule has 9 heteroatoms. The van der Waals surface area contributed by atoms with E-state index in [0.29, 0.717) is 51.6 Å². The number of ether oxygens (including phenoxy) is 1. The predicted octanol–water partition coefficient (Wildman–Crippen LogP) is 0.715. The first kappa shape index (κ1) is 17.6. The Balaban J connectivity index is 1.58. The first-order valence-corrected chi connectivity index (χ1v) is 8.31. The Labute approximate surface area is 144 Å². The van der Waals surface area contributed by atoms with Gasteiger partial charge in [0.05, 0.1) is 30.7 Å². The fourth-order valence-corrected chi connectivity index (χ4v) is 3.16. The van der Waals surface area contributed by atoms with E-state index >= 15 is 0 Å². The van der Waals surface area contributed by atoms with E-state index in [9.17, 15) is 19.3 Å². The van der Waals surface area contributed by atoms with Gasteiger partial charge in [-0.05, 0) is 12.1 Å². The summed E-state index contributed by atoms with van der Waals surface area (Å²) in [4.78, 5) is 28.6. The van der Waals surface area contributed by atoms with E-state index in [1.54, 1.807) is 4.90 Å². The molecule has 0 saturated carbocycles. The van der Waals surface area contributed by atoms with Crippen molar-refractivity contribution in [1.82, 2.24) is 9.80 Å². The van der Waals surface area contributed by atoms with Crippen molar-refractivity contribution in [3.8, 4) is 0 Å². The fraction of sp³-hybridized carbons (Fsp3) is 0.562. The standard InChI is InChI=1S/C16H21FN4O4/c17-13-1-2-14(15(11-13)21(23)24)19-3-5-20(6-4-19)16(22)12-18-7-9-25-10-8-18/h1-2,11H,3-10,12H2. The summed E-state index contributed by atoms with van der Waals surface area (Å²) >= 11 is 0. The van der Waals surface area contributed by atoms with Crippen LogP contribution in [0.4, 0.5) is 15.8 Å². The number of morpholine rings is 1. The van der Waals surface area contributed by atoms with Crippen molar-refractivity contribution in [1.29, 1.82) is 0 Å². The number of nitrogens with zero attached hydrogens (tertiary/aromatic N) is 4. The van der Waals surface area contributed by atoms with Crippen LogP contribution in [0, 0.1) is 15.9 Å². The zero-order chi connectivity index (χ0) is 17.8. The Hall–Kier alpha value is -2.26. The summed E-state index contributed by atoms with van der Waals surface area (Å²) < 4.78 is 18.5. The van der Waals surface area contributed by atoms with Crippen molar-refractivity contribution in [2.75, 3.05) is 63.9 Å². The van der Waals surface area contributed by atoms with Crippen molar-refractivity contribution in [3.05, 3.63) is 34.1 Å². The highest BCUT2D eigenvalue weighted by atomic mass is 19.1. The maximum absolute atomic E-state index is 13.3. The van der Waals surface area contributed by atoms with E-state index in [4.69, 9.17) is 4.74 Å². The van der Waals surface area contributed by atoms with Gasteiger partial charge in [-0.25, -0.2) is 4.39 Å². The van der Waals surface area contributed by atoms with Crippen molar-refractivity contribution in [2.45, 2.75) is 0 Å². The SMILES string of the molecule is O=C(CN1CCOCC1)N1CCN(c2ccc(F)cc2[N+](=O)[O-])CC1. The third-order valence-corrected chi connectivity index (χ3v) is 4.57. The fourth-order valence-electron chi connectivity index (χ4n) is 3.16. The van der Waals surface area contributed by atoms with Gasteiger partial charge in [-0.3, -0.25) is 19.8 Å². The average Bonchev–Trinajstić information content (AvgIpc) is 2.62. The van der Waals surface area contributed by atoms with Crippen LogP contribution in [0.15, 0.2) is 18.2 Å². The van der Waals surface area contributed by atoms with Gasteiger partial charge >= 0.3 is 0 Å². The number of carbonyl (C=O) groups is 1. The Morgan fingerprint density at radius 3 is 2.48 bits per heavy atom. The lowest BCUT2D eigenvalue weighted by atomic mass is 10.2. The molecule has 0 aliphatic carbocycles. The molecule has 2 aliphatic heterocycles. The monoisotopic (exact) mass is 352 g/mol. The molecule has 0 aromatic heterocycles. The molecule has 136 valence electrons. The molecule has 0 bridgehead atoms. The third kappa shape index (κ3) is 4.23. The van der Waals surface area contributed by atoms with E-state index in [-0.39, 0.29) is 11.6 Å². The molecular weight excluding hydrogens is 331 g/mol. The number of carbonyl (C=O) groups excluding carboxylic acids is 1. The highest BCUT2D eigenvalue weighted by Crippen LogP contribution is 2.29. The molecule has 1 aromatic rings. The van der Waals surface area contributed by atoms with Gasteiger partial charge in [-0.15, -0.1) is 0 Å². The number of rotatable bonds is 4. The van der Waals surface area contributed by atoms with Crippen LogP contribution in [0.2, 0.25) is 0 Å². The number of piperazine rings is 1. The molecular formula is C16H21FN4O4. The van der Waals surface area contributed by atoms with Gasteiger partial charge < -0.3 is 14.5 Å². The highest BCUT2D eigenvalue weighted by molar-refractivity contribution is 5.78. The van der Waals surface area contributed by atoms with Crippen LogP contribution in [0.1, 0.15) is 0 Å². The molecule has 3 rings (SSSR count). The molecule has 2 heterocycles. The van der Waals surface area contributed by atoms with Crippen LogP contribution < -0.4 is 4.90 Å². The summed E-state index contributed by atoms with van der Waals surface area (Å²) in [6.07, 6.45) is 0. The van der Waals surface area contributed by atoms with Crippen LogP contribution in [0.3, 0.4) is 0 Å². The maximum Gasteiger partial charge on any atom is 0.295 e. The molecule has 0 atom stereocenters. The molecule has 2 aliphatic rings. The van der Waals surface area contributed by atoms with Crippen LogP contribution in [-0.4, -0.2) is 79.7 Å². The lowest BCUT2D eigenvalue weighted by Crippen LogP contribution is -2.52. The number of amides is 1. The van der Waals surface area contributed by atoms with Gasteiger partial charge in [0.15, 0.2) is 0 Å². The van der Waals surface area contributed by atoms with Gasteiger partial charge in [0.2, 0.25) is 5.91 Å². The Bertz CT molecular complexity index is 643. The number of anilines is 1. The minimum atomic E-state index is -0.630. The number of nitro benzene ring substituents is 1. The second kappa shape index (κ2) is 7.75. The molecule has 0 spiro atoms. The van der Waals surface area contributed by atoms with Gasteiger partial charge in [-0.1, -0.05) is 0 Å². The minimum absolute atomic E-state index is 0.0650. The van der Waals surface area contributed by atoms with Crippen molar-refractivity contribution < 1.29 is 18.8 Å². The summed E-state index contributed by atoms with van der Waals surface area (Å²) in [5.74, 6) is -0.565. The maximum atomic E-state index is 13.3. The quantitative estimate of drug-likeness (QED) is 0.587. The van der Waals surface area contributed by atoms with Crippen LogP contribution >= 0.6 is 0 Å². The third-order valence-electron chi connectivity index (χ3n) is 4.57. The summed E-state index contributed by atoms with van der Waals surface area (Å²) in [5, 5.41) is 11.1. The Kier molecular flexibility index (Phi) is 5.44. The zero-order valence-electron chi connectivity index (χ0n) is 13.9. The number of hydrogen-bond acceptors (Lipinski definition) is 6.